The van der Waals surface area contributed by atoms with Gasteiger partial charge in [-0.1, -0.05) is 0 Å². The van der Waals surface area contributed by atoms with Crippen LogP contribution in [0.2, 0.25) is 0 Å². The highest BCUT2D eigenvalue weighted by molar-refractivity contribution is 5.89. The molecule has 2 aromatic heterocycles. The lowest BCUT2D eigenvalue weighted by atomic mass is 10.1. The normalized spacial score (nSPS) is 21.1. The molecule has 2 aliphatic heterocycles. The highest BCUT2D eigenvalue weighted by atomic mass is 16.2. The van der Waals surface area contributed by atoms with Crippen LogP contribution in [0, 0.1) is 12.8 Å². The van der Waals surface area contributed by atoms with E-state index >= 15 is 0 Å². The number of fused-ring (bicyclic) bond motifs is 1. The second kappa shape index (κ2) is 6.54. The van der Waals surface area contributed by atoms with E-state index in [0.29, 0.717) is 38.4 Å². The maximum Gasteiger partial charge on any atom is 0.254 e. The van der Waals surface area contributed by atoms with Crippen molar-refractivity contribution in [2.24, 2.45) is 5.92 Å². The first-order valence-electron chi connectivity index (χ1n) is 9.05. The molecule has 0 N–H and O–H groups in total. The molecule has 9 nitrogen and oxygen atoms in total. The number of nitrogens with zero attached hydrogens (tertiary/aromatic N) is 7. The van der Waals surface area contributed by atoms with Crippen LogP contribution in [-0.2, 0) is 9.59 Å². The van der Waals surface area contributed by atoms with Crippen LogP contribution >= 0.6 is 0 Å². The highest BCUT2D eigenvalue weighted by Gasteiger charge is 2.36. The van der Waals surface area contributed by atoms with E-state index in [0.717, 1.165) is 24.6 Å². The molecule has 4 rings (SSSR count). The Morgan fingerprint density at radius 2 is 2.04 bits per heavy atom. The van der Waals surface area contributed by atoms with E-state index in [9.17, 15) is 9.59 Å². The third-order valence-electron chi connectivity index (χ3n) is 5.22. The summed E-state index contributed by atoms with van der Waals surface area (Å²) < 4.78 is 1.74. The van der Waals surface area contributed by atoms with Crippen molar-refractivity contribution in [3.05, 3.63) is 18.1 Å². The number of hydrogen-bond donors (Lipinski definition) is 0. The van der Waals surface area contributed by atoms with E-state index in [4.69, 9.17) is 0 Å². The van der Waals surface area contributed by atoms with Gasteiger partial charge in [-0.25, -0.2) is 4.98 Å². The molecule has 0 radical (unpaired) electrons. The monoisotopic (exact) mass is 357 g/mol. The van der Waals surface area contributed by atoms with Crippen LogP contribution in [0.15, 0.2) is 12.4 Å². The molecule has 2 aromatic rings. The topological polar surface area (TPSA) is 86.9 Å². The summed E-state index contributed by atoms with van der Waals surface area (Å²) in [7, 11) is 0. The number of aromatic nitrogens is 4. The fraction of sp³-hybridized carbons (Fsp3) is 0.588. The predicted octanol–water partition coefficient (Wildman–Crippen LogP) is -0.0503. The number of carbonyl (C=O) groups excluding carboxylic acids is 2. The Bertz CT molecular complexity index is 841. The van der Waals surface area contributed by atoms with Gasteiger partial charge in [0.1, 0.15) is 12.1 Å². The lowest BCUT2D eigenvalue weighted by Crippen LogP contribution is -2.51. The van der Waals surface area contributed by atoms with Crippen LogP contribution in [0.3, 0.4) is 0 Å². The fourth-order valence-electron chi connectivity index (χ4n) is 3.79. The number of aryl methyl sites for hydroxylation is 1. The minimum Gasteiger partial charge on any atom is -0.353 e. The minimum absolute atomic E-state index is 0.0883. The van der Waals surface area contributed by atoms with Crippen molar-refractivity contribution in [3.63, 3.8) is 0 Å². The zero-order chi connectivity index (χ0) is 18.3. The van der Waals surface area contributed by atoms with Gasteiger partial charge in [-0.2, -0.15) is 14.6 Å². The molecule has 0 aromatic carbocycles. The summed E-state index contributed by atoms with van der Waals surface area (Å²) in [5.41, 5.74) is 0.892. The molecule has 0 saturated carbocycles. The number of hydrogen-bond acceptors (Lipinski definition) is 6. The molecule has 2 amide bonds. The van der Waals surface area contributed by atoms with Gasteiger partial charge in [0, 0.05) is 57.4 Å². The van der Waals surface area contributed by atoms with Gasteiger partial charge in [-0.15, -0.1) is 0 Å². The molecule has 138 valence electrons. The van der Waals surface area contributed by atoms with E-state index in [1.807, 2.05) is 24.8 Å². The number of piperazine rings is 1. The van der Waals surface area contributed by atoms with Crippen LogP contribution in [0.4, 0.5) is 5.82 Å². The Labute approximate surface area is 151 Å². The Hall–Kier alpha value is -2.71. The van der Waals surface area contributed by atoms with Crippen molar-refractivity contribution in [2.75, 3.05) is 44.2 Å². The Balaban J connectivity index is 1.43. The number of carbonyl (C=O) groups is 2. The first-order chi connectivity index (χ1) is 12.6. The summed E-state index contributed by atoms with van der Waals surface area (Å²) >= 11 is 0. The van der Waals surface area contributed by atoms with Crippen molar-refractivity contribution in [1.82, 2.24) is 29.4 Å². The van der Waals surface area contributed by atoms with Gasteiger partial charge < -0.3 is 14.7 Å². The zero-order valence-corrected chi connectivity index (χ0v) is 15.1. The van der Waals surface area contributed by atoms with E-state index in [1.54, 1.807) is 9.42 Å². The van der Waals surface area contributed by atoms with Crippen molar-refractivity contribution in [3.8, 4) is 0 Å². The standard InChI is InChI=1S/C17H23N7O2/c1-3-21-10-13(9-15(21)25)16(26)23-6-4-22(5-7-23)14-8-12(2)20-17-18-11-19-24(14)17/h8,11,13H,3-7,9-10H2,1-2H3/t13-/m0/s1. The molecule has 0 aliphatic carbocycles. The molecule has 2 saturated heterocycles. The molecule has 2 aliphatic rings. The van der Waals surface area contributed by atoms with Crippen molar-refractivity contribution in [1.29, 1.82) is 0 Å². The van der Waals surface area contributed by atoms with Crippen molar-refractivity contribution < 1.29 is 9.59 Å². The summed E-state index contributed by atoms with van der Waals surface area (Å²) in [6.07, 6.45) is 1.84. The van der Waals surface area contributed by atoms with E-state index in [1.165, 1.54) is 6.33 Å². The molecular weight excluding hydrogens is 334 g/mol. The third-order valence-corrected chi connectivity index (χ3v) is 5.22. The Morgan fingerprint density at radius 3 is 2.73 bits per heavy atom. The van der Waals surface area contributed by atoms with Crippen LogP contribution < -0.4 is 4.90 Å². The summed E-state index contributed by atoms with van der Waals surface area (Å²) in [5, 5.41) is 4.26. The van der Waals surface area contributed by atoms with Gasteiger partial charge >= 0.3 is 0 Å². The molecule has 0 bridgehead atoms. The van der Waals surface area contributed by atoms with Crippen LogP contribution in [-0.4, -0.2) is 80.5 Å². The summed E-state index contributed by atoms with van der Waals surface area (Å²) in [5.74, 6) is 1.53. The lowest BCUT2D eigenvalue weighted by molar-refractivity contribution is -0.136. The highest BCUT2D eigenvalue weighted by Crippen LogP contribution is 2.22. The van der Waals surface area contributed by atoms with Gasteiger partial charge in [-0.05, 0) is 13.8 Å². The quantitative estimate of drug-likeness (QED) is 0.765. The SMILES string of the molecule is CCN1C[C@@H](C(=O)N2CCN(c3cc(C)nc4ncnn34)CC2)CC1=O. The molecule has 26 heavy (non-hydrogen) atoms. The van der Waals surface area contributed by atoms with Crippen LogP contribution in [0.1, 0.15) is 19.0 Å². The number of anilines is 1. The largest absolute Gasteiger partial charge is 0.353 e. The lowest BCUT2D eigenvalue weighted by Gasteiger charge is -2.37. The summed E-state index contributed by atoms with van der Waals surface area (Å²) in [6.45, 7) is 7.86. The van der Waals surface area contributed by atoms with Crippen molar-refractivity contribution >= 4 is 23.4 Å². The smallest absolute Gasteiger partial charge is 0.254 e. The zero-order valence-electron chi connectivity index (χ0n) is 15.1. The van der Waals surface area contributed by atoms with Gasteiger partial charge in [0.25, 0.3) is 5.78 Å². The first kappa shape index (κ1) is 16.7. The molecule has 9 heteroatoms. The van der Waals surface area contributed by atoms with E-state index < -0.39 is 0 Å². The molecule has 0 unspecified atom stereocenters. The Kier molecular flexibility index (Phi) is 4.21. The average Bonchev–Trinajstić information content (AvgIpc) is 3.26. The molecule has 4 heterocycles. The Morgan fingerprint density at radius 1 is 1.27 bits per heavy atom. The van der Waals surface area contributed by atoms with Gasteiger partial charge in [0.15, 0.2) is 0 Å². The average molecular weight is 357 g/mol. The minimum atomic E-state index is -0.195. The summed E-state index contributed by atoms with van der Waals surface area (Å²) in [4.78, 5) is 39.1. The molecule has 2 fully saturated rings. The predicted molar refractivity (Wildman–Crippen MR) is 94.7 cm³/mol. The van der Waals surface area contributed by atoms with Gasteiger partial charge in [-0.3, -0.25) is 9.59 Å². The molecular formula is C17H23N7O2. The number of likely N-dealkylation sites (tertiary alicyclic amines) is 1. The second-order valence-electron chi connectivity index (χ2n) is 6.87. The number of rotatable bonds is 3. The summed E-state index contributed by atoms with van der Waals surface area (Å²) in [6, 6.07) is 1.99. The third kappa shape index (κ3) is 2.87. The maximum atomic E-state index is 12.8. The van der Waals surface area contributed by atoms with E-state index in [-0.39, 0.29) is 17.7 Å². The first-order valence-corrected chi connectivity index (χ1v) is 9.05. The van der Waals surface area contributed by atoms with Gasteiger partial charge in [0.05, 0.1) is 5.92 Å². The fourth-order valence-corrected chi connectivity index (χ4v) is 3.79. The van der Waals surface area contributed by atoms with E-state index in [2.05, 4.69) is 20.0 Å². The maximum absolute atomic E-state index is 12.8. The molecule has 1 atom stereocenters. The second-order valence-corrected chi connectivity index (χ2v) is 6.87. The van der Waals surface area contributed by atoms with Crippen LogP contribution in [0.25, 0.3) is 5.78 Å². The molecule has 0 spiro atoms. The van der Waals surface area contributed by atoms with Gasteiger partial charge in [0.2, 0.25) is 11.8 Å². The van der Waals surface area contributed by atoms with Crippen molar-refractivity contribution in [2.45, 2.75) is 20.3 Å². The number of amides is 2. The van der Waals surface area contributed by atoms with Crippen LogP contribution in [0.5, 0.6) is 0 Å².